The molecule has 4 rings (SSSR count). The van der Waals surface area contributed by atoms with Crippen molar-refractivity contribution in [1.29, 1.82) is 0 Å². The molecule has 1 aromatic heterocycles. The van der Waals surface area contributed by atoms with Gasteiger partial charge in [0.05, 0.1) is 17.7 Å². The number of aromatic nitrogens is 1. The van der Waals surface area contributed by atoms with Crippen LogP contribution in [0.2, 0.25) is 5.02 Å². The SMILES string of the molecule is COC(=O)c1ccc2[nH]c3c(c2c1)CN(C(=O)COc1ccccc1Cl)CC3. The number of esters is 1. The van der Waals surface area contributed by atoms with Gasteiger partial charge < -0.3 is 19.4 Å². The monoisotopic (exact) mass is 398 g/mol. The Morgan fingerprint density at radius 1 is 1.21 bits per heavy atom. The summed E-state index contributed by atoms with van der Waals surface area (Å²) >= 11 is 6.07. The van der Waals surface area contributed by atoms with Crippen LogP contribution < -0.4 is 4.74 Å². The highest BCUT2D eigenvalue weighted by atomic mass is 35.5. The van der Waals surface area contributed by atoms with Crippen LogP contribution in [0.3, 0.4) is 0 Å². The molecule has 1 amide bonds. The first-order valence-electron chi connectivity index (χ1n) is 8.93. The number of methoxy groups -OCH3 is 1. The standard InChI is InChI=1S/C21H19ClN2O4/c1-27-21(26)13-6-7-17-14(10-13)15-11-24(9-8-18(15)23-17)20(25)12-28-19-5-3-2-4-16(19)22/h2-7,10,23H,8-9,11-12H2,1H3. The smallest absolute Gasteiger partial charge is 0.337 e. The summed E-state index contributed by atoms with van der Waals surface area (Å²) in [7, 11) is 1.36. The molecule has 0 saturated carbocycles. The summed E-state index contributed by atoms with van der Waals surface area (Å²) in [4.78, 5) is 29.6. The fraction of sp³-hybridized carbons (Fsp3) is 0.238. The van der Waals surface area contributed by atoms with Gasteiger partial charge in [0, 0.05) is 41.7 Å². The Morgan fingerprint density at radius 2 is 2.04 bits per heavy atom. The number of nitrogens with one attached hydrogen (secondary N) is 1. The molecule has 0 bridgehead atoms. The minimum absolute atomic E-state index is 0.0746. The van der Waals surface area contributed by atoms with Gasteiger partial charge in [-0.25, -0.2) is 4.79 Å². The molecule has 0 atom stereocenters. The maximum absolute atomic E-state index is 12.6. The van der Waals surface area contributed by atoms with Gasteiger partial charge in [-0.05, 0) is 30.3 Å². The largest absolute Gasteiger partial charge is 0.482 e. The molecule has 28 heavy (non-hydrogen) atoms. The van der Waals surface area contributed by atoms with E-state index in [4.69, 9.17) is 21.1 Å². The quantitative estimate of drug-likeness (QED) is 0.682. The molecular weight excluding hydrogens is 380 g/mol. The molecule has 1 aliphatic rings. The van der Waals surface area contributed by atoms with E-state index < -0.39 is 0 Å². The van der Waals surface area contributed by atoms with Crippen molar-refractivity contribution < 1.29 is 19.1 Å². The average molecular weight is 399 g/mol. The molecular formula is C21H19ClN2O4. The van der Waals surface area contributed by atoms with E-state index in [1.165, 1.54) is 7.11 Å². The van der Waals surface area contributed by atoms with Crippen LogP contribution in [0.25, 0.3) is 10.9 Å². The van der Waals surface area contributed by atoms with Gasteiger partial charge >= 0.3 is 5.97 Å². The number of rotatable bonds is 4. The third kappa shape index (κ3) is 3.43. The Labute approximate surface area is 167 Å². The number of nitrogens with zero attached hydrogens (tertiary/aromatic N) is 1. The molecule has 0 aliphatic carbocycles. The molecule has 0 spiro atoms. The molecule has 7 heteroatoms. The average Bonchev–Trinajstić information content (AvgIpc) is 3.09. The predicted molar refractivity (Wildman–Crippen MR) is 106 cm³/mol. The van der Waals surface area contributed by atoms with Crippen LogP contribution in [0.5, 0.6) is 5.75 Å². The topological polar surface area (TPSA) is 71.6 Å². The van der Waals surface area contributed by atoms with E-state index in [2.05, 4.69) is 4.98 Å². The van der Waals surface area contributed by atoms with E-state index in [1.807, 2.05) is 24.3 Å². The Kier molecular flexibility index (Phi) is 4.96. The van der Waals surface area contributed by atoms with E-state index in [0.717, 1.165) is 28.6 Å². The number of para-hydroxylation sites is 1. The highest BCUT2D eigenvalue weighted by molar-refractivity contribution is 6.32. The van der Waals surface area contributed by atoms with Gasteiger partial charge in [-0.1, -0.05) is 23.7 Å². The number of aromatic amines is 1. The first-order chi connectivity index (χ1) is 13.6. The molecule has 144 valence electrons. The minimum Gasteiger partial charge on any atom is -0.482 e. The highest BCUT2D eigenvalue weighted by Crippen LogP contribution is 2.29. The van der Waals surface area contributed by atoms with E-state index in [0.29, 0.717) is 29.4 Å². The number of amides is 1. The van der Waals surface area contributed by atoms with Crippen LogP contribution in [0.15, 0.2) is 42.5 Å². The van der Waals surface area contributed by atoms with Crippen molar-refractivity contribution in [2.75, 3.05) is 20.3 Å². The molecule has 2 heterocycles. The number of carbonyl (C=O) groups is 2. The Morgan fingerprint density at radius 3 is 2.82 bits per heavy atom. The summed E-state index contributed by atoms with van der Waals surface area (Å²) in [6.45, 7) is 0.994. The number of carbonyl (C=O) groups excluding carboxylic acids is 2. The van der Waals surface area contributed by atoms with Crippen molar-refractivity contribution in [3.8, 4) is 5.75 Å². The molecule has 2 aromatic carbocycles. The second kappa shape index (κ2) is 7.56. The molecule has 1 aliphatic heterocycles. The van der Waals surface area contributed by atoms with Crippen molar-refractivity contribution in [3.05, 3.63) is 64.3 Å². The lowest BCUT2D eigenvalue weighted by atomic mass is 10.0. The number of ether oxygens (including phenoxy) is 2. The second-order valence-electron chi connectivity index (χ2n) is 6.62. The fourth-order valence-corrected chi connectivity index (χ4v) is 3.65. The Hall–Kier alpha value is -2.99. The molecule has 6 nitrogen and oxygen atoms in total. The zero-order valence-electron chi connectivity index (χ0n) is 15.3. The van der Waals surface area contributed by atoms with Crippen LogP contribution in [-0.2, 0) is 22.5 Å². The van der Waals surface area contributed by atoms with Crippen LogP contribution in [-0.4, -0.2) is 42.0 Å². The normalized spacial score (nSPS) is 13.3. The number of benzene rings is 2. The molecule has 0 fully saturated rings. The van der Waals surface area contributed by atoms with Gasteiger partial charge in [0.15, 0.2) is 6.61 Å². The molecule has 0 radical (unpaired) electrons. The van der Waals surface area contributed by atoms with Crippen LogP contribution in [0.1, 0.15) is 21.6 Å². The van der Waals surface area contributed by atoms with Gasteiger partial charge in [-0.15, -0.1) is 0 Å². The summed E-state index contributed by atoms with van der Waals surface area (Å²) in [6.07, 6.45) is 0.718. The fourth-order valence-electron chi connectivity index (χ4n) is 3.46. The van der Waals surface area contributed by atoms with Gasteiger partial charge in [0.1, 0.15) is 5.75 Å². The van der Waals surface area contributed by atoms with Crippen molar-refractivity contribution >= 4 is 34.4 Å². The number of hydrogen-bond donors (Lipinski definition) is 1. The van der Waals surface area contributed by atoms with Crippen molar-refractivity contribution in [2.45, 2.75) is 13.0 Å². The lowest BCUT2D eigenvalue weighted by Gasteiger charge is -2.27. The first kappa shape index (κ1) is 18.4. The number of fused-ring (bicyclic) bond motifs is 3. The number of H-pyrrole nitrogens is 1. The third-order valence-corrected chi connectivity index (χ3v) is 5.25. The number of halogens is 1. The summed E-state index contributed by atoms with van der Waals surface area (Å²) in [6, 6.07) is 12.5. The van der Waals surface area contributed by atoms with Gasteiger partial charge in [-0.2, -0.15) is 0 Å². The summed E-state index contributed by atoms with van der Waals surface area (Å²) in [5, 5.41) is 1.41. The summed E-state index contributed by atoms with van der Waals surface area (Å²) in [5.41, 5.74) is 3.55. The Balaban J connectivity index is 1.52. The summed E-state index contributed by atoms with van der Waals surface area (Å²) in [5.74, 6) is 0.00260. The van der Waals surface area contributed by atoms with Gasteiger partial charge in [0.2, 0.25) is 0 Å². The van der Waals surface area contributed by atoms with E-state index in [1.54, 1.807) is 23.1 Å². The van der Waals surface area contributed by atoms with Crippen LogP contribution in [0, 0.1) is 0 Å². The van der Waals surface area contributed by atoms with E-state index >= 15 is 0 Å². The minimum atomic E-state index is -0.381. The summed E-state index contributed by atoms with van der Waals surface area (Å²) < 4.78 is 10.4. The van der Waals surface area contributed by atoms with Crippen molar-refractivity contribution in [1.82, 2.24) is 9.88 Å². The van der Waals surface area contributed by atoms with E-state index in [-0.39, 0.29) is 18.5 Å². The van der Waals surface area contributed by atoms with E-state index in [9.17, 15) is 9.59 Å². The van der Waals surface area contributed by atoms with Gasteiger partial charge in [0.25, 0.3) is 5.91 Å². The lowest BCUT2D eigenvalue weighted by Crippen LogP contribution is -2.38. The number of hydrogen-bond acceptors (Lipinski definition) is 4. The molecule has 0 unspecified atom stereocenters. The predicted octanol–water partition coefficient (Wildman–Crippen LogP) is 3.57. The Bertz CT molecular complexity index is 1060. The van der Waals surface area contributed by atoms with Gasteiger partial charge in [-0.3, -0.25) is 4.79 Å². The molecule has 3 aromatic rings. The molecule has 1 N–H and O–H groups in total. The highest BCUT2D eigenvalue weighted by Gasteiger charge is 2.25. The molecule has 0 saturated heterocycles. The van der Waals surface area contributed by atoms with Crippen molar-refractivity contribution in [2.24, 2.45) is 0 Å². The maximum Gasteiger partial charge on any atom is 0.337 e. The lowest BCUT2D eigenvalue weighted by molar-refractivity contribution is -0.134. The zero-order chi connectivity index (χ0) is 19.7. The van der Waals surface area contributed by atoms with Crippen LogP contribution >= 0.6 is 11.6 Å². The van der Waals surface area contributed by atoms with Crippen molar-refractivity contribution in [3.63, 3.8) is 0 Å². The second-order valence-corrected chi connectivity index (χ2v) is 7.03. The first-order valence-corrected chi connectivity index (χ1v) is 9.31. The maximum atomic E-state index is 12.6. The third-order valence-electron chi connectivity index (χ3n) is 4.94. The van der Waals surface area contributed by atoms with Crippen LogP contribution in [0.4, 0.5) is 0 Å². The zero-order valence-corrected chi connectivity index (χ0v) is 16.1.